The molecular formula is C14H18O2. The summed E-state index contributed by atoms with van der Waals surface area (Å²) in [7, 11) is 0. The van der Waals surface area contributed by atoms with Gasteiger partial charge in [-0.05, 0) is 49.4 Å². The van der Waals surface area contributed by atoms with Gasteiger partial charge in [-0.15, -0.1) is 0 Å². The molecule has 0 amide bonds. The minimum atomic E-state index is -0.327. The number of fused-ring (bicyclic) bond motifs is 1. The van der Waals surface area contributed by atoms with Crippen LogP contribution in [0.4, 0.5) is 0 Å². The predicted octanol–water partition coefficient (Wildman–Crippen LogP) is 3.01. The SMILES string of the molecule is C=CC(C)Oc1ccc2c(c1)[C@H](O)CCC2. The molecule has 0 fully saturated rings. The van der Waals surface area contributed by atoms with E-state index in [0.29, 0.717) is 0 Å². The predicted molar refractivity (Wildman–Crippen MR) is 64.6 cm³/mol. The Bertz CT molecular complexity index is 384. The molecular weight excluding hydrogens is 200 g/mol. The van der Waals surface area contributed by atoms with Crippen molar-refractivity contribution in [3.05, 3.63) is 42.0 Å². The van der Waals surface area contributed by atoms with Crippen LogP contribution in [0.15, 0.2) is 30.9 Å². The van der Waals surface area contributed by atoms with E-state index in [9.17, 15) is 5.11 Å². The summed E-state index contributed by atoms with van der Waals surface area (Å²) in [5.41, 5.74) is 2.28. The van der Waals surface area contributed by atoms with Gasteiger partial charge in [0.2, 0.25) is 0 Å². The van der Waals surface area contributed by atoms with Gasteiger partial charge in [0, 0.05) is 0 Å². The van der Waals surface area contributed by atoms with E-state index in [1.54, 1.807) is 6.08 Å². The van der Waals surface area contributed by atoms with Gasteiger partial charge in [0.05, 0.1) is 6.10 Å². The lowest BCUT2D eigenvalue weighted by Gasteiger charge is -2.22. The Hall–Kier alpha value is -1.28. The van der Waals surface area contributed by atoms with Crippen LogP contribution < -0.4 is 4.74 Å². The molecule has 0 saturated carbocycles. The molecule has 1 unspecified atom stereocenters. The molecule has 1 aromatic rings. The highest BCUT2D eigenvalue weighted by molar-refractivity contribution is 5.38. The topological polar surface area (TPSA) is 29.5 Å². The van der Waals surface area contributed by atoms with E-state index < -0.39 is 0 Å². The zero-order valence-electron chi connectivity index (χ0n) is 9.65. The molecule has 1 aliphatic rings. The molecule has 0 bridgehead atoms. The highest BCUT2D eigenvalue weighted by atomic mass is 16.5. The molecule has 86 valence electrons. The van der Waals surface area contributed by atoms with Crippen molar-refractivity contribution in [3.8, 4) is 5.75 Å². The van der Waals surface area contributed by atoms with Crippen LogP contribution in [0.5, 0.6) is 5.75 Å². The van der Waals surface area contributed by atoms with Gasteiger partial charge in [0.15, 0.2) is 0 Å². The van der Waals surface area contributed by atoms with Crippen LogP contribution in [0.3, 0.4) is 0 Å². The second kappa shape index (κ2) is 4.71. The highest BCUT2D eigenvalue weighted by Crippen LogP contribution is 2.32. The zero-order chi connectivity index (χ0) is 11.5. The molecule has 16 heavy (non-hydrogen) atoms. The van der Waals surface area contributed by atoms with Crippen LogP contribution in [0.1, 0.15) is 37.0 Å². The van der Waals surface area contributed by atoms with E-state index in [1.165, 1.54) is 5.56 Å². The molecule has 2 nitrogen and oxygen atoms in total. The Morgan fingerprint density at radius 3 is 3.12 bits per heavy atom. The summed E-state index contributed by atoms with van der Waals surface area (Å²) in [6.45, 7) is 5.63. The van der Waals surface area contributed by atoms with Crippen LogP contribution in [-0.2, 0) is 6.42 Å². The summed E-state index contributed by atoms with van der Waals surface area (Å²) in [4.78, 5) is 0. The average molecular weight is 218 g/mol. The molecule has 0 aliphatic heterocycles. The Morgan fingerprint density at radius 2 is 2.38 bits per heavy atom. The zero-order valence-corrected chi connectivity index (χ0v) is 9.65. The van der Waals surface area contributed by atoms with Crippen LogP contribution in [0.25, 0.3) is 0 Å². The van der Waals surface area contributed by atoms with E-state index in [1.807, 2.05) is 19.1 Å². The molecule has 2 rings (SSSR count). The van der Waals surface area contributed by atoms with Crippen molar-refractivity contribution in [2.45, 2.75) is 38.4 Å². The van der Waals surface area contributed by atoms with Crippen LogP contribution >= 0.6 is 0 Å². The fraction of sp³-hybridized carbons (Fsp3) is 0.429. The highest BCUT2D eigenvalue weighted by Gasteiger charge is 2.18. The van der Waals surface area contributed by atoms with Crippen molar-refractivity contribution in [1.82, 2.24) is 0 Å². The van der Waals surface area contributed by atoms with Gasteiger partial charge in [0.25, 0.3) is 0 Å². The maximum absolute atomic E-state index is 9.90. The normalized spacial score (nSPS) is 21.0. The van der Waals surface area contributed by atoms with E-state index in [-0.39, 0.29) is 12.2 Å². The first-order chi connectivity index (χ1) is 7.70. The molecule has 0 aromatic heterocycles. The Balaban J connectivity index is 2.23. The first-order valence-electron chi connectivity index (χ1n) is 5.81. The van der Waals surface area contributed by atoms with E-state index in [4.69, 9.17) is 4.74 Å². The first kappa shape index (κ1) is 11.2. The lowest BCUT2D eigenvalue weighted by Crippen LogP contribution is -2.11. The van der Waals surface area contributed by atoms with Crippen molar-refractivity contribution in [2.75, 3.05) is 0 Å². The van der Waals surface area contributed by atoms with Crippen molar-refractivity contribution in [2.24, 2.45) is 0 Å². The number of ether oxygens (including phenoxy) is 1. The number of aliphatic hydroxyl groups excluding tert-OH is 1. The summed E-state index contributed by atoms with van der Waals surface area (Å²) >= 11 is 0. The maximum atomic E-state index is 9.90. The van der Waals surface area contributed by atoms with Crippen LogP contribution in [0, 0.1) is 0 Å². The first-order valence-corrected chi connectivity index (χ1v) is 5.81. The van der Waals surface area contributed by atoms with Crippen molar-refractivity contribution >= 4 is 0 Å². The number of hydrogen-bond donors (Lipinski definition) is 1. The van der Waals surface area contributed by atoms with Gasteiger partial charge in [0.1, 0.15) is 11.9 Å². The van der Waals surface area contributed by atoms with Gasteiger partial charge in [-0.25, -0.2) is 0 Å². The third-order valence-corrected chi connectivity index (χ3v) is 3.05. The Labute approximate surface area is 96.6 Å². The molecule has 1 N–H and O–H groups in total. The van der Waals surface area contributed by atoms with Gasteiger partial charge < -0.3 is 9.84 Å². The molecule has 0 heterocycles. The van der Waals surface area contributed by atoms with Gasteiger partial charge in [-0.3, -0.25) is 0 Å². The minimum absolute atomic E-state index is 0.00113. The average Bonchev–Trinajstić information content (AvgIpc) is 2.30. The number of rotatable bonds is 3. The molecule has 1 aromatic carbocycles. The third kappa shape index (κ3) is 2.27. The lowest BCUT2D eigenvalue weighted by atomic mass is 9.89. The number of hydrogen-bond acceptors (Lipinski definition) is 2. The second-order valence-electron chi connectivity index (χ2n) is 4.33. The maximum Gasteiger partial charge on any atom is 0.120 e. The standard InChI is InChI=1S/C14H18O2/c1-3-10(2)16-12-8-7-11-5-4-6-14(15)13(11)9-12/h3,7-10,14-15H,1,4-6H2,2H3/t10?,14-/m1/s1. The van der Waals surface area contributed by atoms with E-state index in [0.717, 1.165) is 30.6 Å². The van der Waals surface area contributed by atoms with Gasteiger partial charge in [-0.2, -0.15) is 0 Å². The number of aliphatic hydroxyl groups is 1. The second-order valence-corrected chi connectivity index (χ2v) is 4.33. The molecule has 1 aliphatic carbocycles. The van der Waals surface area contributed by atoms with Crippen molar-refractivity contribution in [3.63, 3.8) is 0 Å². The summed E-state index contributed by atoms with van der Waals surface area (Å²) in [5.74, 6) is 0.812. The quantitative estimate of drug-likeness (QED) is 0.790. The Kier molecular flexibility index (Phi) is 3.30. The number of aryl methyl sites for hydroxylation is 1. The van der Waals surface area contributed by atoms with Crippen LogP contribution in [0.2, 0.25) is 0 Å². The van der Waals surface area contributed by atoms with Gasteiger partial charge in [-0.1, -0.05) is 18.7 Å². The van der Waals surface area contributed by atoms with E-state index in [2.05, 4.69) is 12.6 Å². The molecule has 0 saturated heterocycles. The smallest absolute Gasteiger partial charge is 0.120 e. The summed E-state index contributed by atoms with van der Waals surface area (Å²) < 4.78 is 5.65. The minimum Gasteiger partial charge on any atom is -0.487 e. The number of benzene rings is 1. The summed E-state index contributed by atoms with van der Waals surface area (Å²) in [6, 6.07) is 5.99. The lowest BCUT2D eigenvalue weighted by molar-refractivity contribution is 0.155. The summed E-state index contributed by atoms with van der Waals surface area (Å²) in [6.07, 6.45) is 4.41. The van der Waals surface area contributed by atoms with Crippen molar-refractivity contribution in [1.29, 1.82) is 0 Å². The van der Waals surface area contributed by atoms with Gasteiger partial charge >= 0.3 is 0 Å². The van der Waals surface area contributed by atoms with Crippen LogP contribution in [-0.4, -0.2) is 11.2 Å². The molecule has 2 atom stereocenters. The fourth-order valence-corrected chi connectivity index (χ4v) is 2.09. The molecule has 0 spiro atoms. The monoisotopic (exact) mass is 218 g/mol. The largest absolute Gasteiger partial charge is 0.487 e. The fourth-order valence-electron chi connectivity index (χ4n) is 2.09. The molecule has 2 heteroatoms. The third-order valence-electron chi connectivity index (χ3n) is 3.05. The van der Waals surface area contributed by atoms with E-state index >= 15 is 0 Å². The summed E-state index contributed by atoms with van der Waals surface area (Å²) in [5, 5.41) is 9.90. The molecule has 0 radical (unpaired) electrons. The Morgan fingerprint density at radius 1 is 1.56 bits per heavy atom. The van der Waals surface area contributed by atoms with Crippen molar-refractivity contribution < 1.29 is 9.84 Å².